The molecule has 0 aromatic heterocycles. The van der Waals surface area contributed by atoms with Crippen LogP contribution >= 0.6 is 0 Å². The average molecular weight is 256 g/mol. The van der Waals surface area contributed by atoms with E-state index in [0.29, 0.717) is 13.1 Å². The molecule has 1 saturated heterocycles. The molecule has 1 fully saturated rings. The average Bonchev–Trinajstić information content (AvgIpc) is 2.34. The molecule has 0 radical (unpaired) electrons. The van der Waals surface area contributed by atoms with Crippen molar-refractivity contribution in [3.05, 3.63) is 0 Å². The summed E-state index contributed by atoms with van der Waals surface area (Å²) in [6.07, 6.45) is 3.66. The van der Waals surface area contributed by atoms with Crippen LogP contribution in [0.1, 0.15) is 39.0 Å². The van der Waals surface area contributed by atoms with Crippen molar-refractivity contribution in [3.63, 3.8) is 0 Å². The number of nitrogens with zero attached hydrogens (tertiary/aromatic N) is 1. The highest BCUT2D eigenvalue weighted by Crippen LogP contribution is 2.22. The van der Waals surface area contributed by atoms with E-state index in [-0.39, 0.29) is 24.2 Å². The van der Waals surface area contributed by atoms with E-state index in [9.17, 15) is 9.59 Å². The fourth-order valence-corrected chi connectivity index (χ4v) is 2.54. The summed E-state index contributed by atoms with van der Waals surface area (Å²) in [6.45, 7) is 3.90. The first kappa shape index (κ1) is 15.0. The van der Waals surface area contributed by atoms with E-state index in [1.165, 1.54) is 0 Å². The number of carboxylic acid groups (broad SMARTS) is 1. The molecule has 1 aliphatic rings. The van der Waals surface area contributed by atoms with Gasteiger partial charge in [-0.05, 0) is 38.1 Å². The predicted molar refractivity (Wildman–Crippen MR) is 69.0 cm³/mol. The minimum absolute atomic E-state index is 0.00266. The Morgan fingerprint density at radius 3 is 2.83 bits per heavy atom. The minimum atomic E-state index is -0.773. The quantitative estimate of drug-likeness (QED) is 0.744. The van der Waals surface area contributed by atoms with Crippen molar-refractivity contribution in [2.75, 3.05) is 19.6 Å². The molecular weight excluding hydrogens is 232 g/mol. The maximum absolute atomic E-state index is 12.2. The van der Waals surface area contributed by atoms with E-state index in [1.54, 1.807) is 0 Å². The van der Waals surface area contributed by atoms with Gasteiger partial charge in [0.1, 0.15) is 0 Å². The molecule has 5 heteroatoms. The van der Waals surface area contributed by atoms with E-state index in [2.05, 4.69) is 0 Å². The van der Waals surface area contributed by atoms with Crippen LogP contribution < -0.4 is 5.73 Å². The van der Waals surface area contributed by atoms with Gasteiger partial charge >= 0.3 is 5.97 Å². The molecule has 18 heavy (non-hydrogen) atoms. The third-order valence-corrected chi connectivity index (χ3v) is 3.56. The van der Waals surface area contributed by atoms with Crippen molar-refractivity contribution >= 4 is 11.9 Å². The number of aliphatic carboxylic acids is 1. The molecule has 104 valence electrons. The molecule has 2 unspecified atom stereocenters. The van der Waals surface area contributed by atoms with Crippen molar-refractivity contribution in [1.82, 2.24) is 4.90 Å². The largest absolute Gasteiger partial charge is 0.481 e. The summed E-state index contributed by atoms with van der Waals surface area (Å²) < 4.78 is 0. The van der Waals surface area contributed by atoms with Gasteiger partial charge in [0.15, 0.2) is 0 Å². The van der Waals surface area contributed by atoms with Gasteiger partial charge in [0.2, 0.25) is 5.91 Å². The smallest absolute Gasteiger partial charge is 0.303 e. The lowest BCUT2D eigenvalue weighted by atomic mass is 9.93. The molecular formula is C13H24N2O3. The third-order valence-electron chi connectivity index (χ3n) is 3.56. The highest BCUT2D eigenvalue weighted by molar-refractivity contribution is 5.78. The van der Waals surface area contributed by atoms with Crippen molar-refractivity contribution < 1.29 is 14.7 Å². The Morgan fingerprint density at radius 1 is 1.50 bits per heavy atom. The van der Waals surface area contributed by atoms with Crippen LogP contribution in [0.2, 0.25) is 0 Å². The number of hydrogen-bond donors (Lipinski definition) is 2. The molecule has 1 rings (SSSR count). The van der Waals surface area contributed by atoms with Gasteiger partial charge in [-0.25, -0.2) is 0 Å². The normalized spacial score (nSPS) is 21.7. The lowest BCUT2D eigenvalue weighted by molar-refractivity contribution is -0.142. The molecule has 1 aliphatic heterocycles. The number of piperidine rings is 1. The number of rotatable bonds is 6. The van der Waals surface area contributed by atoms with Crippen molar-refractivity contribution in [2.45, 2.75) is 39.0 Å². The van der Waals surface area contributed by atoms with Crippen LogP contribution in [-0.4, -0.2) is 41.5 Å². The van der Waals surface area contributed by atoms with Crippen LogP contribution in [0.25, 0.3) is 0 Å². The van der Waals surface area contributed by atoms with E-state index in [4.69, 9.17) is 10.8 Å². The van der Waals surface area contributed by atoms with Gasteiger partial charge in [0, 0.05) is 25.4 Å². The van der Waals surface area contributed by atoms with E-state index in [1.807, 2.05) is 11.8 Å². The third kappa shape index (κ3) is 4.64. The van der Waals surface area contributed by atoms with Gasteiger partial charge in [0.05, 0.1) is 0 Å². The standard InChI is InChI=1S/C13H24N2O3/c1-10(4-2-6-14)13(18)15-7-3-5-11(9-15)8-12(16)17/h10-11H,2-9,14H2,1H3,(H,16,17). The van der Waals surface area contributed by atoms with Crippen LogP contribution in [0.15, 0.2) is 0 Å². The molecule has 3 N–H and O–H groups in total. The molecule has 1 heterocycles. The summed E-state index contributed by atoms with van der Waals surface area (Å²) in [7, 11) is 0. The molecule has 0 aromatic carbocycles. The maximum Gasteiger partial charge on any atom is 0.303 e. The number of carbonyl (C=O) groups excluding carboxylic acids is 1. The number of carboxylic acids is 1. The summed E-state index contributed by atoms with van der Waals surface area (Å²) in [5.74, 6) is -0.511. The molecule has 0 aromatic rings. The Hall–Kier alpha value is -1.10. The fourth-order valence-electron chi connectivity index (χ4n) is 2.54. The second kappa shape index (κ2) is 7.36. The monoisotopic (exact) mass is 256 g/mol. The van der Waals surface area contributed by atoms with Gasteiger partial charge in [-0.15, -0.1) is 0 Å². The number of likely N-dealkylation sites (tertiary alicyclic amines) is 1. The lowest BCUT2D eigenvalue weighted by Crippen LogP contribution is -2.43. The molecule has 2 atom stereocenters. The number of nitrogens with two attached hydrogens (primary N) is 1. The zero-order valence-corrected chi connectivity index (χ0v) is 11.1. The second-order valence-corrected chi connectivity index (χ2v) is 5.22. The Labute approximate surface area is 108 Å². The Bertz CT molecular complexity index is 294. The Morgan fingerprint density at radius 2 is 2.22 bits per heavy atom. The first-order valence-electron chi connectivity index (χ1n) is 6.75. The van der Waals surface area contributed by atoms with Crippen LogP contribution in [0, 0.1) is 11.8 Å². The summed E-state index contributed by atoms with van der Waals surface area (Å²) in [4.78, 5) is 24.7. The Balaban J connectivity index is 2.44. The van der Waals surface area contributed by atoms with Gasteiger partial charge < -0.3 is 15.7 Å². The van der Waals surface area contributed by atoms with Crippen LogP contribution in [0.5, 0.6) is 0 Å². The molecule has 0 aliphatic carbocycles. The van der Waals surface area contributed by atoms with Crippen LogP contribution in [0.3, 0.4) is 0 Å². The van der Waals surface area contributed by atoms with Crippen LogP contribution in [0.4, 0.5) is 0 Å². The topological polar surface area (TPSA) is 83.6 Å². The molecule has 1 amide bonds. The summed E-state index contributed by atoms with van der Waals surface area (Å²) >= 11 is 0. The van der Waals surface area contributed by atoms with E-state index in [0.717, 1.165) is 32.2 Å². The lowest BCUT2D eigenvalue weighted by Gasteiger charge is -2.33. The van der Waals surface area contributed by atoms with Crippen LogP contribution in [-0.2, 0) is 9.59 Å². The van der Waals surface area contributed by atoms with Crippen molar-refractivity contribution in [1.29, 1.82) is 0 Å². The minimum Gasteiger partial charge on any atom is -0.481 e. The van der Waals surface area contributed by atoms with E-state index < -0.39 is 5.97 Å². The van der Waals surface area contributed by atoms with Gasteiger partial charge in [0.25, 0.3) is 0 Å². The number of hydrogen-bond acceptors (Lipinski definition) is 3. The maximum atomic E-state index is 12.2. The van der Waals surface area contributed by atoms with Crippen molar-refractivity contribution in [3.8, 4) is 0 Å². The van der Waals surface area contributed by atoms with Gasteiger partial charge in [-0.2, -0.15) is 0 Å². The molecule has 5 nitrogen and oxygen atoms in total. The first-order chi connectivity index (χ1) is 8.54. The summed E-state index contributed by atoms with van der Waals surface area (Å²) in [5.41, 5.74) is 5.44. The molecule has 0 spiro atoms. The zero-order valence-electron chi connectivity index (χ0n) is 11.1. The highest BCUT2D eigenvalue weighted by Gasteiger charge is 2.27. The number of carbonyl (C=O) groups is 2. The fraction of sp³-hybridized carbons (Fsp3) is 0.846. The summed E-state index contributed by atoms with van der Waals surface area (Å²) in [5, 5.41) is 8.80. The van der Waals surface area contributed by atoms with Crippen molar-refractivity contribution in [2.24, 2.45) is 17.6 Å². The highest BCUT2D eigenvalue weighted by atomic mass is 16.4. The van der Waals surface area contributed by atoms with Gasteiger partial charge in [-0.3, -0.25) is 9.59 Å². The number of amides is 1. The second-order valence-electron chi connectivity index (χ2n) is 5.22. The predicted octanol–water partition coefficient (Wildman–Crippen LogP) is 1.07. The first-order valence-corrected chi connectivity index (χ1v) is 6.75. The zero-order chi connectivity index (χ0) is 13.5. The van der Waals surface area contributed by atoms with E-state index >= 15 is 0 Å². The molecule has 0 saturated carbocycles. The summed E-state index contributed by atoms with van der Waals surface area (Å²) in [6, 6.07) is 0. The molecule has 0 bridgehead atoms. The van der Waals surface area contributed by atoms with Gasteiger partial charge in [-0.1, -0.05) is 6.92 Å². The Kier molecular flexibility index (Phi) is 6.12. The SMILES string of the molecule is CC(CCCN)C(=O)N1CCCC(CC(=O)O)C1.